The van der Waals surface area contributed by atoms with Crippen LogP contribution in [0.25, 0.3) is 5.69 Å². The predicted molar refractivity (Wildman–Crippen MR) is 69.7 cm³/mol. The molecule has 2 heterocycles. The van der Waals surface area contributed by atoms with Crippen molar-refractivity contribution < 1.29 is 9.47 Å². The second-order valence-electron chi connectivity index (χ2n) is 4.26. The zero-order valence-corrected chi connectivity index (χ0v) is 10.8. The summed E-state index contributed by atoms with van der Waals surface area (Å²) in [5.41, 5.74) is 1.83. The fourth-order valence-electron chi connectivity index (χ4n) is 1.93. The molecule has 3 rings (SSSR count). The Kier molecular flexibility index (Phi) is 3.33. The summed E-state index contributed by atoms with van der Waals surface area (Å²) in [6.07, 6.45) is 1.91. The van der Waals surface area contributed by atoms with Gasteiger partial charge in [0.15, 0.2) is 11.5 Å². The standard InChI is InChI=1S/C13H16N4O2/c1-2-14-8-10-9-17(16-15-10)11-3-4-12-13(7-11)19-6-5-18-12/h3-4,7,9,14H,2,5-6,8H2,1H3. The second kappa shape index (κ2) is 5.27. The Morgan fingerprint density at radius 1 is 1.26 bits per heavy atom. The van der Waals surface area contributed by atoms with Crippen LogP contribution >= 0.6 is 0 Å². The Morgan fingerprint density at radius 3 is 2.95 bits per heavy atom. The first-order valence-electron chi connectivity index (χ1n) is 6.39. The zero-order chi connectivity index (χ0) is 13.1. The monoisotopic (exact) mass is 260 g/mol. The summed E-state index contributed by atoms with van der Waals surface area (Å²) in [6.45, 7) is 4.88. The summed E-state index contributed by atoms with van der Waals surface area (Å²) in [4.78, 5) is 0. The maximum Gasteiger partial charge on any atom is 0.163 e. The highest BCUT2D eigenvalue weighted by Crippen LogP contribution is 2.31. The van der Waals surface area contributed by atoms with Crippen molar-refractivity contribution in [3.63, 3.8) is 0 Å². The minimum atomic E-state index is 0.583. The van der Waals surface area contributed by atoms with Crippen molar-refractivity contribution in [3.8, 4) is 17.2 Å². The highest BCUT2D eigenvalue weighted by atomic mass is 16.6. The van der Waals surface area contributed by atoms with Gasteiger partial charge in [-0.25, -0.2) is 4.68 Å². The number of aromatic nitrogens is 3. The van der Waals surface area contributed by atoms with Crippen molar-refractivity contribution in [1.82, 2.24) is 20.3 Å². The first-order valence-corrected chi connectivity index (χ1v) is 6.39. The van der Waals surface area contributed by atoms with Crippen molar-refractivity contribution in [3.05, 3.63) is 30.1 Å². The molecule has 0 saturated carbocycles. The van der Waals surface area contributed by atoms with Gasteiger partial charge >= 0.3 is 0 Å². The number of nitrogens with zero attached hydrogens (tertiary/aromatic N) is 3. The van der Waals surface area contributed by atoms with Gasteiger partial charge in [0.1, 0.15) is 13.2 Å². The number of rotatable bonds is 4. The van der Waals surface area contributed by atoms with Gasteiger partial charge in [0.2, 0.25) is 0 Å². The van der Waals surface area contributed by atoms with E-state index in [1.165, 1.54) is 0 Å². The van der Waals surface area contributed by atoms with E-state index in [2.05, 4.69) is 22.6 Å². The van der Waals surface area contributed by atoms with Gasteiger partial charge in [0, 0.05) is 12.6 Å². The Labute approximate surface area is 111 Å². The molecule has 0 aliphatic carbocycles. The van der Waals surface area contributed by atoms with E-state index in [9.17, 15) is 0 Å². The summed E-state index contributed by atoms with van der Waals surface area (Å²) in [5.74, 6) is 1.54. The average molecular weight is 260 g/mol. The summed E-state index contributed by atoms with van der Waals surface area (Å²) in [5, 5.41) is 11.5. The Bertz CT molecular complexity index is 568. The SMILES string of the molecule is CCNCc1cn(-c2ccc3c(c2)OCCO3)nn1. The topological polar surface area (TPSA) is 61.2 Å². The number of nitrogens with one attached hydrogen (secondary N) is 1. The quantitative estimate of drug-likeness (QED) is 0.893. The van der Waals surface area contributed by atoms with Gasteiger partial charge in [-0.2, -0.15) is 0 Å². The molecule has 0 radical (unpaired) electrons. The molecule has 100 valence electrons. The highest BCUT2D eigenvalue weighted by Gasteiger charge is 2.13. The molecule has 0 saturated heterocycles. The van der Waals surface area contributed by atoms with Gasteiger partial charge in [-0.3, -0.25) is 0 Å². The molecule has 1 N–H and O–H groups in total. The average Bonchev–Trinajstić information content (AvgIpc) is 2.93. The Hall–Kier alpha value is -2.08. The third-order valence-corrected chi connectivity index (χ3v) is 2.89. The van der Waals surface area contributed by atoms with Crippen LogP contribution < -0.4 is 14.8 Å². The normalized spacial score (nSPS) is 13.5. The third kappa shape index (κ3) is 2.53. The number of ether oxygens (including phenoxy) is 2. The lowest BCUT2D eigenvalue weighted by Crippen LogP contribution is -2.15. The Balaban J connectivity index is 1.83. The van der Waals surface area contributed by atoms with E-state index in [1.54, 1.807) is 4.68 Å². The fraction of sp³-hybridized carbons (Fsp3) is 0.385. The van der Waals surface area contributed by atoms with Crippen LogP contribution in [0.4, 0.5) is 0 Å². The van der Waals surface area contributed by atoms with Gasteiger partial charge in [-0.15, -0.1) is 5.10 Å². The number of benzene rings is 1. The molecular formula is C13H16N4O2. The second-order valence-corrected chi connectivity index (χ2v) is 4.26. The molecule has 1 aliphatic rings. The summed E-state index contributed by atoms with van der Waals surface area (Å²) in [7, 11) is 0. The van der Waals surface area contributed by atoms with E-state index >= 15 is 0 Å². The molecule has 0 fully saturated rings. The highest BCUT2D eigenvalue weighted by molar-refractivity contribution is 5.49. The molecule has 6 heteroatoms. The minimum absolute atomic E-state index is 0.583. The Morgan fingerprint density at radius 2 is 2.11 bits per heavy atom. The van der Waals surface area contributed by atoms with Crippen molar-refractivity contribution in [2.75, 3.05) is 19.8 Å². The van der Waals surface area contributed by atoms with Crippen LogP contribution in [0.5, 0.6) is 11.5 Å². The molecule has 1 aromatic heterocycles. The van der Waals surface area contributed by atoms with E-state index in [-0.39, 0.29) is 0 Å². The van der Waals surface area contributed by atoms with Crippen LogP contribution in [0.3, 0.4) is 0 Å². The van der Waals surface area contributed by atoms with E-state index in [1.807, 2.05) is 24.4 Å². The molecule has 0 atom stereocenters. The van der Waals surface area contributed by atoms with Crippen molar-refractivity contribution >= 4 is 0 Å². The van der Waals surface area contributed by atoms with Crippen molar-refractivity contribution in [1.29, 1.82) is 0 Å². The lowest BCUT2D eigenvalue weighted by molar-refractivity contribution is 0.171. The molecule has 19 heavy (non-hydrogen) atoms. The van der Waals surface area contributed by atoms with Crippen LogP contribution in [0.15, 0.2) is 24.4 Å². The van der Waals surface area contributed by atoms with Crippen LogP contribution in [0.1, 0.15) is 12.6 Å². The van der Waals surface area contributed by atoms with E-state index in [0.29, 0.717) is 13.2 Å². The van der Waals surface area contributed by atoms with Crippen molar-refractivity contribution in [2.24, 2.45) is 0 Å². The van der Waals surface area contributed by atoms with Crippen LogP contribution in [0.2, 0.25) is 0 Å². The first kappa shape index (κ1) is 12.0. The predicted octanol–water partition coefficient (Wildman–Crippen LogP) is 1.15. The molecule has 2 aromatic rings. The van der Waals surface area contributed by atoms with E-state index in [4.69, 9.17) is 9.47 Å². The molecule has 0 spiro atoms. The number of hydrogen-bond acceptors (Lipinski definition) is 5. The van der Waals surface area contributed by atoms with Gasteiger partial charge in [-0.1, -0.05) is 12.1 Å². The number of hydrogen-bond donors (Lipinski definition) is 1. The van der Waals surface area contributed by atoms with Gasteiger partial charge in [-0.05, 0) is 18.7 Å². The van der Waals surface area contributed by atoms with Crippen LogP contribution in [0, 0.1) is 0 Å². The maximum absolute atomic E-state index is 5.56. The fourth-order valence-corrected chi connectivity index (χ4v) is 1.93. The largest absolute Gasteiger partial charge is 0.486 e. The lowest BCUT2D eigenvalue weighted by Gasteiger charge is -2.18. The molecule has 0 unspecified atom stereocenters. The summed E-state index contributed by atoms with van der Waals surface area (Å²) < 4.78 is 12.8. The van der Waals surface area contributed by atoms with E-state index < -0.39 is 0 Å². The van der Waals surface area contributed by atoms with E-state index in [0.717, 1.165) is 36.0 Å². The minimum Gasteiger partial charge on any atom is -0.486 e. The molecule has 1 aliphatic heterocycles. The summed E-state index contributed by atoms with van der Waals surface area (Å²) >= 11 is 0. The zero-order valence-electron chi connectivity index (χ0n) is 10.8. The molecular weight excluding hydrogens is 244 g/mol. The van der Waals surface area contributed by atoms with Gasteiger partial charge in [0.05, 0.1) is 17.6 Å². The number of fused-ring (bicyclic) bond motifs is 1. The molecule has 0 amide bonds. The third-order valence-electron chi connectivity index (χ3n) is 2.89. The van der Waals surface area contributed by atoms with Crippen LogP contribution in [-0.4, -0.2) is 34.8 Å². The molecule has 1 aromatic carbocycles. The maximum atomic E-state index is 5.56. The van der Waals surface area contributed by atoms with Crippen molar-refractivity contribution in [2.45, 2.75) is 13.5 Å². The van der Waals surface area contributed by atoms with Gasteiger partial charge < -0.3 is 14.8 Å². The molecule has 0 bridgehead atoms. The summed E-state index contributed by atoms with van der Waals surface area (Å²) in [6, 6.07) is 5.76. The van der Waals surface area contributed by atoms with Gasteiger partial charge in [0.25, 0.3) is 0 Å². The molecule has 6 nitrogen and oxygen atoms in total. The first-order chi connectivity index (χ1) is 9.36. The van der Waals surface area contributed by atoms with Crippen LogP contribution in [-0.2, 0) is 6.54 Å². The smallest absolute Gasteiger partial charge is 0.163 e. The lowest BCUT2D eigenvalue weighted by atomic mass is 10.2.